The van der Waals surface area contributed by atoms with Crippen molar-refractivity contribution in [1.82, 2.24) is 4.31 Å². The van der Waals surface area contributed by atoms with Gasteiger partial charge in [-0.05, 0) is 25.5 Å². The maximum atomic E-state index is 12.4. The minimum absolute atomic E-state index is 0.0129. The van der Waals surface area contributed by atoms with E-state index in [1.54, 1.807) is 12.1 Å². The van der Waals surface area contributed by atoms with Gasteiger partial charge in [-0.3, -0.25) is 0 Å². The summed E-state index contributed by atoms with van der Waals surface area (Å²) in [6, 6.07) is 6.98. The van der Waals surface area contributed by atoms with Crippen LogP contribution in [0, 0.1) is 6.92 Å². The number of hydrogen-bond donors (Lipinski definition) is 0. The molecule has 1 aromatic rings. The first-order chi connectivity index (χ1) is 8.54. The number of nitrogens with zero attached hydrogens (tertiary/aromatic N) is 1. The van der Waals surface area contributed by atoms with Crippen molar-refractivity contribution in [3.05, 3.63) is 29.8 Å². The third-order valence-corrected chi connectivity index (χ3v) is 5.09. The molecule has 0 aliphatic carbocycles. The van der Waals surface area contributed by atoms with Crippen LogP contribution in [0.25, 0.3) is 0 Å². The van der Waals surface area contributed by atoms with E-state index in [1.807, 2.05) is 26.0 Å². The summed E-state index contributed by atoms with van der Waals surface area (Å²) in [5, 5.41) is 0. The van der Waals surface area contributed by atoms with Gasteiger partial charge in [-0.25, -0.2) is 8.42 Å². The number of hydrogen-bond acceptors (Lipinski definition) is 3. The first kappa shape index (κ1) is 13.5. The van der Waals surface area contributed by atoms with Crippen molar-refractivity contribution in [2.45, 2.75) is 31.3 Å². The van der Waals surface area contributed by atoms with Gasteiger partial charge in [-0.1, -0.05) is 24.6 Å². The number of benzene rings is 1. The Morgan fingerprint density at radius 2 is 2.00 bits per heavy atom. The number of morpholine rings is 1. The molecule has 0 spiro atoms. The first-order valence-electron chi connectivity index (χ1n) is 6.22. The Morgan fingerprint density at radius 1 is 1.33 bits per heavy atom. The van der Waals surface area contributed by atoms with Crippen LogP contribution >= 0.6 is 0 Å². The molecule has 0 aromatic heterocycles. The van der Waals surface area contributed by atoms with Crippen LogP contribution < -0.4 is 0 Å². The molecule has 0 amide bonds. The molecule has 1 aliphatic rings. The van der Waals surface area contributed by atoms with E-state index in [0.29, 0.717) is 24.6 Å². The lowest BCUT2D eigenvalue weighted by atomic mass is 10.2. The number of ether oxygens (including phenoxy) is 1. The van der Waals surface area contributed by atoms with E-state index < -0.39 is 10.0 Å². The van der Waals surface area contributed by atoms with Crippen LogP contribution in [0.5, 0.6) is 0 Å². The molecule has 1 aliphatic heterocycles. The van der Waals surface area contributed by atoms with Gasteiger partial charge in [0.25, 0.3) is 0 Å². The Kier molecular flexibility index (Phi) is 4.04. The quantitative estimate of drug-likeness (QED) is 0.840. The van der Waals surface area contributed by atoms with E-state index in [4.69, 9.17) is 4.74 Å². The van der Waals surface area contributed by atoms with Crippen LogP contribution in [0.2, 0.25) is 0 Å². The normalized spacial score (nSPS) is 22.0. The predicted octanol–water partition coefficient (Wildman–Crippen LogP) is 1.79. The molecule has 0 radical (unpaired) electrons. The van der Waals surface area contributed by atoms with E-state index in [-0.39, 0.29) is 6.10 Å². The summed E-state index contributed by atoms with van der Waals surface area (Å²) in [6.07, 6.45) is 0.846. The third kappa shape index (κ3) is 2.74. The Labute approximate surface area is 109 Å². The van der Waals surface area contributed by atoms with Crippen molar-refractivity contribution in [2.75, 3.05) is 19.7 Å². The highest BCUT2D eigenvalue weighted by Gasteiger charge is 2.29. The summed E-state index contributed by atoms with van der Waals surface area (Å²) in [7, 11) is -3.37. The van der Waals surface area contributed by atoms with Crippen LogP contribution in [-0.2, 0) is 14.8 Å². The van der Waals surface area contributed by atoms with Crippen molar-refractivity contribution < 1.29 is 13.2 Å². The average Bonchev–Trinajstić information content (AvgIpc) is 2.39. The molecule has 0 unspecified atom stereocenters. The summed E-state index contributed by atoms with van der Waals surface area (Å²) in [5.74, 6) is 0. The van der Waals surface area contributed by atoms with Gasteiger partial charge in [0.15, 0.2) is 0 Å². The Hall–Kier alpha value is -0.910. The number of sulfonamides is 1. The van der Waals surface area contributed by atoms with E-state index in [0.717, 1.165) is 12.0 Å². The average molecular weight is 269 g/mol. The topological polar surface area (TPSA) is 46.6 Å². The van der Waals surface area contributed by atoms with E-state index in [2.05, 4.69) is 0 Å². The minimum atomic E-state index is -3.37. The Balaban J connectivity index is 2.22. The fraction of sp³-hybridized carbons (Fsp3) is 0.538. The van der Waals surface area contributed by atoms with Gasteiger partial charge in [-0.15, -0.1) is 0 Å². The molecule has 2 rings (SSSR count). The van der Waals surface area contributed by atoms with Crippen molar-refractivity contribution in [2.24, 2.45) is 0 Å². The molecule has 1 saturated heterocycles. The zero-order chi connectivity index (χ0) is 13.2. The molecule has 0 bridgehead atoms. The second kappa shape index (κ2) is 5.38. The summed E-state index contributed by atoms with van der Waals surface area (Å²) >= 11 is 0. The summed E-state index contributed by atoms with van der Waals surface area (Å²) in [4.78, 5) is 0.366. The minimum Gasteiger partial charge on any atom is -0.375 e. The molecule has 100 valence electrons. The summed E-state index contributed by atoms with van der Waals surface area (Å²) < 4.78 is 31.9. The molecule has 0 saturated carbocycles. The Bertz CT molecular complexity index is 495. The van der Waals surface area contributed by atoms with Crippen molar-refractivity contribution in [3.8, 4) is 0 Å². The fourth-order valence-corrected chi connectivity index (χ4v) is 3.47. The predicted molar refractivity (Wildman–Crippen MR) is 70.0 cm³/mol. The number of rotatable bonds is 3. The van der Waals surface area contributed by atoms with Crippen LogP contribution in [0.1, 0.15) is 18.9 Å². The monoisotopic (exact) mass is 269 g/mol. The van der Waals surface area contributed by atoms with E-state index >= 15 is 0 Å². The molecule has 1 aromatic carbocycles. The molecule has 1 atom stereocenters. The van der Waals surface area contributed by atoms with Gasteiger partial charge < -0.3 is 4.74 Å². The van der Waals surface area contributed by atoms with Gasteiger partial charge >= 0.3 is 0 Å². The van der Waals surface area contributed by atoms with Gasteiger partial charge in [0.2, 0.25) is 10.0 Å². The lowest BCUT2D eigenvalue weighted by molar-refractivity contribution is -0.00277. The molecule has 18 heavy (non-hydrogen) atoms. The van der Waals surface area contributed by atoms with E-state index in [9.17, 15) is 8.42 Å². The zero-order valence-electron chi connectivity index (χ0n) is 10.8. The first-order valence-corrected chi connectivity index (χ1v) is 7.66. The second-order valence-corrected chi connectivity index (χ2v) is 6.52. The maximum absolute atomic E-state index is 12.4. The van der Waals surface area contributed by atoms with Crippen molar-refractivity contribution >= 4 is 10.0 Å². The molecule has 0 N–H and O–H groups in total. The van der Waals surface area contributed by atoms with Crippen LogP contribution in [0.4, 0.5) is 0 Å². The third-order valence-electron chi connectivity index (χ3n) is 3.22. The smallest absolute Gasteiger partial charge is 0.243 e. The summed E-state index contributed by atoms with van der Waals surface area (Å²) in [5.41, 5.74) is 1.06. The van der Waals surface area contributed by atoms with Gasteiger partial charge in [0, 0.05) is 13.1 Å². The second-order valence-electron chi connectivity index (χ2n) is 4.58. The molecular formula is C13H19NO3S. The maximum Gasteiger partial charge on any atom is 0.243 e. The van der Waals surface area contributed by atoms with Gasteiger partial charge in [-0.2, -0.15) is 4.31 Å². The standard InChI is InChI=1S/C13H19NO3S/c1-3-12-10-14(8-9-17-12)18(15,16)13-6-4-11(2)5-7-13/h4-7,12H,3,8-10H2,1-2H3/t12-/m0/s1. The van der Waals surface area contributed by atoms with Crippen LogP contribution in [0.15, 0.2) is 29.2 Å². The zero-order valence-corrected chi connectivity index (χ0v) is 11.6. The van der Waals surface area contributed by atoms with Crippen LogP contribution in [-0.4, -0.2) is 38.5 Å². The lowest BCUT2D eigenvalue weighted by Crippen LogP contribution is -2.45. The largest absolute Gasteiger partial charge is 0.375 e. The number of aryl methyl sites for hydroxylation is 1. The summed E-state index contributed by atoms with van der Waals surface area (Å²) in [6.45, 7) is 5.31. The van der Waals surface area contributed by atoms with Crippen LogP contribution in [0.3, 0.4) is 0 Å². The highest BCUT2D eigenvalue weighted by atomic mass is 32.2. The lowest BCUT2D eigenvalue weighted by Gasteiger charge is -2.31. The molecule has 1 heterocycles. The molecule has 4 nitrogen and oxygen atoms in total. The van der Waals surface area contributed by atoms with Gasteiger partial charge in [0.05, 0.1) is 17.6 Å². The Morgan fingerprint density at radius 3 is 2.61 bits per heavy atom. The fourth-order valence-electron chi connectivity index (χ4n) is 2.02. The SMILES string of the molecule is CC[C@H]1CN(S(=O)(=O)c2ccc(C)cc2)CCO1. The van der Waals surface area contributed by atoms with Crippen molar-refractivity contribution in [1.29, 1.82) is 0 Å². The van der Waals surface area contributed by atoms with E-state index in [1.165, 1.54) is 4.31 Å². The van der Waals surface area contributed by atoms with Crippen molar-refractivity contribution in [3.63, 3.8) is 0 Å². The molecule has 1 fully saturated rings. The highest BCUT2D eigenvalue weighted by molar-refractivity contribution is 7.89. The van der Waals surface area contributed by atoms with Gasteiger partial charge in [0.1, 0.15) is 0 Å². The highest BCUT2D eigenvalue weighted by Crippen LogP contribution is 2.19. The molecular weight excluding hydrogens is 250 g/mol. The molecule has 5 heteroatoms.